The van der Waals surface area contributed by atoms with Crippen molar-refractivity contribution in [2.75, 3.05) is 6.54 Å². The molecule has 0 saturated carbocycles. The van der Waals surface area contributed by atoms with Crippen LogP contribution in [0.1, 0.15) is 11.1 Å². The smallest absolute Gasteiger partial charge is 0.308 e. The van der Waals surface area contributed by atoms with Gasteiger partial charge in [0, 0.05) is 12.1 Å². The molecule has 0 fully saturated rings. The summed E-state index contributed by atoms with van der Waals surface area (Å²) in [6.45, 7) is -0.0833. The minimum atomic E-state index is -1.03. The Balaban J connectivity index is 1.92. The van der Waals surface area contributed by atoms with E-state index in [0.29, 0.717) is 0 Å². The number of carboxylic acids is 1. The molecule has 2 aromatic rings. The predicted octanol–water partition coefficient (Wildman–Crippen LogP) is 2.57. The summed E-state index contributed by atoms with van der Waals surface area (Å²) in [6.07, 6.45) is -0.0773. The van der Waals surface area contributed by atoms with Crippen molar-refractivity contribution >= 4 is 11.9 Å². The van der Waals surface area contributed by atoms with Gasteiger partial charge in [0.15, 0.2) is 0 Å². The van der Waals surface area contributed by atoms with Crippen molar-refractivity contribution in [3.63, 3.8) is 0 Å². The van der Waals surface area contributed by atoms with Gasteiger partial charge in [-0.15, -0.1) is 0 Å². The summed E-state index contributed by atoms with van der Waals surface area (Å²) in [5.41, 5.74) is 0.776. The quantitative estimate of drug-likeness (QED) is 0.818. The number of nitrogens with one attached hydrogen (secondary N) is 1. The third-order valence-electron chi connectivity index (χ3n) is 3.58. The predicted molar refractivity (Wildman–Crippen MR) is 84.3 cm³/mol. The Morgan fingerprint density at radius 1 is 1.08 bits per heavy atom. The molecular formula is C18H17F2NO3. The van der Waals surface area contributed by atoms with Gasteiger partial charge < -0.3 is 10.4 Å². The van der Waals surface area contributed by atoms with Gasteiger partial charge in [-0.1, -0.05) is 30.3 Å². The van der Waals surface area contributed by atoms with Crippen molar-refractivity contribution in [3.05, 3.63) is 71.3 Å². The molecule has 0 bridgehead atoms. The molecule has 2 N–H and O–H groups in total. The first-order chi connectivity index (χ1) is 11.5. The van der Waals surface area contributed by atoms with Crippen LogP contribution >= 0.6 is 0 Å². The molecule has 1 atom stereocenters. The lowest BCUT2D eigenvalue weighted by molar-refractivity contribution is -0.141. The van der Waals surface area contributed by atoms with Crippen LogP contribution in [0.5, 0.6) is 0 Å². The topological polar surface area (TPSA) is 66.4 Å². The molecule has 0 aliphatic heterocycles. The first kappa shape index (κ1) is 17.6. The molecule has 24 heavy (non-hydrogen) atoms. The standard InChI is InChI=1S/C18H17F2NO3/c19-15-6-7-16(20)13(9-15)10-17(22)21-11-14(18(23)24)8-12-4-2-1-3-5-12/h1-7,9,14H,8,10-11H2,(H,21,22)(H,23,24)/t14-/m0/s1. The van der Waals surface area contributed by atoms with Crippen molar-refractivity contribution < 1.29 is 23.5 Å². The van der Waals surface area contributed by atoms with E-state index in [1.807, 2.05) is 6.07 Å². The molecule has 0 radical (unpaired) electrons. The average Bonchev–Trinajstić information content (AvgIpc) is 2.55. The van der Waals surface area contributed by atoms with E-state index in [1.54, 1.807) is 24.3 Å². The molecule has 2 rings (SSSR count). The van der Waals surface area contributed by atoms with Crippen LogP contribution in [-0.2, 0) is 22.4 Å². The van der Waals surface area contributed by atoms with E-state index < -0.39 is 29.4 Å². The number of hydrogen-bond donors (Lipinski definition) is 2. The van der Waals surface area contributed by atoms with Crippen LogP contribution in [0.3, 0.4) is 0 Å². The van der Waals surface area contributed by atoms with Gasteiger partial charge in [0.1, 0.15) is 11.6 Å². The Kier molecular flexibility index (Phi) is 6.01. The van der Waals surface area contributed by atoms with Crippen LogP contribution in [0.25, 0.3) is 0 Å². The third-order valence-corrected chi connectivity index (χ3v) is 3.58. The Labute approximate surface area is 138 Å². The first-order valence-corrected chi connectivity index (χ1v) is 7.43. The highest BCUT2D eigenvalue weighted by Gasteiger charge is 2.19. The summed E-state index contributed by atoms with van der Waals surface area (Å²) in [4.78, 5) is 23.2. The molecule has 0 unspecified atom stereocenters. The highest BCUT2D eigenvalue weighted by Crippen LogP contribution is 2.11. The van der Waals surface area contributed by atoms with Gasteiger partial charge >= 0.3 is 5.97 Å². The number of amides is 1. The van der Waals surface area contributed by atoms with Gasteiger partial charge in [-0.2, -0.15) is 0 Å². The fourth-order valence-corrected chi connectivity index (χ4v) is 2.30. The van der Waals surface area contributed by atoms with Gasteiger partial charge in [-0.05, 0) is 30.2 Å². The van der Waals surface area contributed by atoms with Gasteiger partial charge in [0.2, 0.25) is 5.91 Å². The number of carbonyl (C=O) groups is 2. The molecule has 0 heterocycles. The number of carbonyl (C=O) groups excluding carboxylic acids is 1. The Morgan fingerprint density at radius 3 is 2.46 bits per heavy atom. The lowest BCUT2D eigenvalue weighted by Crippen LogP contribution is -2.35. The van der Waals surface area contributed by atoms with Gasteiger partial charge in [0.25, 0.3) is 0 Å². The molecular weight excluding hydrogens is 316 g/mol. The fraction of sp³-hybridized carbons (Fsp3) is 0.222. The largest absolute Gasteiger partial charge is 0.481 e. The number of rotatable bonds is 7. The van der Waals surface area contributed by atoms with E-state index >= 15 is 0 Å². The Hall–Kier alpha value is -2.76. The van der Waals surface area contributed by atoms with Crippen LogP contribution in [-0.4, -0.2) is 23.5 Å². The minimum absolute atomic E-state index is 0.0672. The van der Waals surface area contributed by atoms with E-state index in [1.165, 1.54) is 0 Å². The van der Waals surface area contributed by atoms with E-state index in [9.17, 15) is 23.5 Å². The van der Waals surface area contributed by atoms with Crippen molar-refractivity contribution in [2.45, 2.75) is 12.8 Å². The number of aliphatic carboxylic acids is 1. The number of carboxylic acid groups (broad SMARTS) is 1. The molecule has 126 valence electrons. The number of benzene rings is 2. The van der Waals surface area contributed by atoms with Crippen LogP contribution in [0.2, 0.25) is 0 Å². The van der Waals surface area contributed by atoms with E-state index in [4.69, 9.17) is 0 Å². The second-order valence-corrected chi connectivity index (χ2v) is 5.44. The molecule has 0 saturated heterocycles. The third kappa shape index (κ3) is 5.15. The van der Waals surface area contributed by atoms with Crippen LogP contribution in [0.4, 0.5) is 8.78 Å². The first-order valence-electron chi connectivity index (χ1n) is 7.43. The summed E-state index contributed by atoms with van der Waals surface area (Å²) >= 11 is 0. The van der Waals surface area contributed by atoms with Crippen LogP contribution in [0, 0.1) is 17.6 Å². The molecule has 1 amide bonds. The minimum Gasteiger partial charge on any atom is -0.481 e. The number of halogens is 2. The van der Waals surface area contributed by atoms with Crippen molar-refractivity contribution in [1.82, 2.24) is 5.32 Å². The maximum atomic E-state index is 13.5. The average molecular weight is 333 g/mol. The maximum Gasteiger partial charge on any atom is 0.308 e. The monoisotopic (exact) mass is 333 g/mol. The summed E-state index contributed by atoms with van der Waals surface area (Å²) < 4.78 is 26.6. The summed E-state index contributed by atoms with van der Waals surface area (Å²) in [6, 6.07) is 11.9. The fourth-order valence-electron chi connectivity index (χ4n) is 2.30. The van der Waals surface area contributed by atoms with Gasteiger partial charge in [-0.3, -0.25) is 9.59 Å². The van der Waals surface area contributed by atoms with E-state index in [0.717, 1.165) is 23.8 Å². The van der Waals surface area contributed by atoms with E-state index in [2.05, 4.69) is 5.32 Å². The molecule has 0 spiro atoms. The zero-order chi connectivity index (χ0) is 17.5. The van der Waals surface area contributed by atoms with Gasteiger partial charge in [0.05, 0.1) is 12.3 Å². The second-order valence-electron chi connectivity index (χ2n) is 5.44. The normalized spacial score (nSPS) is 11.8. The number of hydrogen-bond acceptors (Lipinski definition) is 2. The molecule has 0 aliphatic carbocycles. The van der Waals surface area contributed by atoms with Crippen molar-refractivity contribution in [3.8, 4) is 0 Å². The van der Waals surface area contributed by atoms with E-state index in [-0.39, 0.29) is 24.9 Å². The molecule has 4 nitrogen and oxygen atoms in total. The van der Waals surface area contributed by atoms with Crippen LogP contribution in [0.15, 0.2) is 48.5 Å². The molecule has 2 aromatic carbocycles. The molecule has 0 aromatic heterocycles. The Bertz CT molecular complexity index is 719. The van der Waals surface area contributed by atoms with Crippen molar-refractivity contribution in [1.29, 1.82) is 0 Å². The maximum absolute atomic E-state index is 13.5. The highest BCUT2D eigenvalue weighted by atomic mass is 19.1. The second kappa shape index (κ2) is 8.19. The molecule has 6 heteroatoms. The zero-order valence-corrected chi connectivity index (χ0v) is 12.8. The summed E-state index contributed by atoms with van der Waals surface area (Å²) in [5, 5.41) is 11.7. The zero-order valence-electron chi connectivity index (χ0n) is 12.8. The van der Waals surface area contributed by atoms with Crippen molar-refractivity contribution in [2.24, 2.45) is 5.92 Å². The van der Waals surface area contributed by atoms with Gasteiger partial charge in [-0.25, -0.2) is 8.78 Å². The lowest BCUT2D eigenvalue weighted by Gasteiger charge is -2.14. The SMILES string of the molecule is O=C(Cc1cc(F)ccc1F)NC[C@H](Cc1ccccc1)C(=O)O. The Morgan fingerprint density at radius 2 is 1.79 bits per heavy atom. The molecule has 0 aliphatic rings. The highest BCUT2D eigenvalue weighted by molar-refractivity contribution is 5.79. The lowest BCUT2D eigenvalue weighted by atomic mass is 9.99. The summed E-state index contributed by atoms with van der Waals surface area (Å²) in [5.74, 6) is -3.69. The van der Waals surface area contributed by atoms with Crippen LogP contribution < -0.4 is 5.32 Å². The summed E-state index contributed by atoms with van der Waals surface area (Å²) in [7, 11) is 0.